The molecule has 4 atom stereocenters. The molecule has 14 nitrogen and oxygen atoms in total. The van der Waals surface area contributed by atoms with Crippen molar-refractivity contribution in [1.82, 2.24) is 34.1 Å². The first-order valence-electron chi connectivity index (χ1n) is 25.6. The van der Waals surface area contributed by atoms with Crippen molar-refractivity contribution in [3.8, 4) is 16.2 Å². The van der Waals surface area contributed by atoms with Crippen LogP contribution in [0.1, 0.15) is 120 Å². The number of halogens is 2. The normalized spacial score (nSPS) is 20.7. The highest BCUT2D eigenvalue weighted by molar-refractivity contribution is 9.10. The number of rotatable bonds is 16. The van der Waals surface area contributed by atoms with Gasteiger partial charge in [0.1, 0.15) is 11.8 Å². The number of amides is 2. The fourth-order valence-electron chi connectivity index (χ4n) is 11.5. The third-order valence-corrected chi connectivity index (χ3v) is 17.5. The van der Waals surface area contributed by atoms with E-state index in [1.807, 2.05) is 75.7 Å². The number of ether oxygens (including phenoxy) is 2. The van der Waals surface area contributed by atoms with Crippen LogP contribution < -0.4 is 15.6 Å². The maximum absolute atomic E-state index is 14.9. The van der Waals surface area contributed by atoms with Gasteiger partial charge in [-0.25, -0.2) is 9.37 Å². The summed E-state index contributed by atoms with van der Waals surface area (Å²) < 4.78 is 32.6. The van der Waals surface area contributed by atoms with Crippen molar-refractivity contribution in [2.75, 3.05) is 46.5 Å². The summed E-state index contributed by atoms with van der Waals surface area (Å²) >= 11 is 5.17. The first-order valence-corrected chi connectivity index (χ1v) is 27.2. The van der Waals surface area contributed by atoms with Crippen LogP contribution >= 0.6 is 27.3 Å². The van der Waals surface area contributed by atoms with Crippen LogP contribution in [0.15, 0.2) is 69.4 Å². The van der Waals surface area contributed by atoms with Gasteiger partial charge in [0.25, 0.3) is 5.56 Å². The number of hydrogen-bond acceptors (Lipinski definition) is 11. The van der Waals surface area contributed by atoms with Crippen molar-refractivity contribution in [2.24, 2.45) is 11.3 Å². The molecule has 2 amide bonds. The summed E-state index contributed by atoms with van der Waals surface area (Å²) in [7, 11) is 1.73. The van der Waals surface area contributed by atoms with E-state index in [-0.39, 0.29) is 56.4 Å². The smallest absolute Gasteiger partial charge is 0.283 e. The number of hydrogen-bond donors (Lipinski definition) is 2. The van der Waals surface area contributed by atoms with Crippen LogP contribution in [-0.4, -0.2) is 116 Å². The van der Waals surface area contributed by atoms with E-state index in [9.17, 15) is 28.7 Å². The molecule has 3 aromatic heterocycles. The highest BCUT2D eigenvalue weighted by atomic mass is 79.9. The average Bonchev–Trinajstić information content (AvgIpc) is 3.81. The van der Waals surface area contributed by atoms with Crippen molar-refractivity contribution < 1.29 is 33.4 Å². The van der Waals surface area contributed by atoms with Gasteiger partial charge in [-0.05, 0) is 121 Å². The van der Waals surface area contributed by atoms with Crippen LogP contribution in [-0.2, 0) is 19.1 Å². The van der Waals surface area contributed by atoms with Gasteiger partial charge >= 0.3 is 0 Å². The van der Waals surface area contributed by atoms with Crippen LogP contribution in [0, 0.1) is 18.3 Å². The summed E-state index contributed by atoms with van der Waals surface area (Å²) in [5.41, 5.74) is 5.80. The SMILES string of the molecule is COc1cc2c(cc1C1CCN(CCOC[C@H](NC(=O)[C@@H]3C[C@@H](O)CN3C(=O)[C@@H](CC(=O)C3(F)CC3)C(C)(C)C)c3ccc(-c4scnc4C)cc3)CC1)n(C1CCCC1)c1nc(=O)c3c(Br)cccc3n21. The zero-order valence-corrected chi connectivity index (χ0v) is 44.2. The second-order valence-corrected chi connectivity index (χ2v) is 23.3. The molecule has 6 aromatic rings. The number of aliphatic hydroxyl groups excluding tert-OH is 1. The topological polar surface area (TPSA) is 161 Å². The molecule has 2 saturated heterocycles. The van der Waals surface area contributed by atoms with E-state index in [0.717, 1.165) is 106 Å². The number of aliphatic hydroxyl groups is 1. The molecule has 0 radical (unpaired) electrons. The van der Waals surface area contributed by atoms with Gasteiger partial charge in [-0.2, -0.15) is 4.98 Å². The van der Waals surface area contributed by atoms with Gasteiger partial charge in [-0.15, -0.1) is 11.3 Å². The maximum Gasteiger partial charge on any atom is 0.283 e. The molecule has 0 bridgehead atoms. The van der Waals surface area contributed by atoms with E-state index in [1.165, 1.54) is 4.90 Å². The molecule has 10 rings (SSSR count). The number of ketones is 1. The highest BCUT2D eigenvalue weighted by Crippen LogP contribution is 2.45. The zero-order chi connectivity index (χ0) is 50.6. The molecular weight excluding hydrogens is 1000 g/mol. The molecule has 0 unspecified atom stereocenters. The maximum atomic E-state index is 14.9. The molecule has 3 aromatic carbocycles. The number of nitrogens with zero attached hydrogens (tertiary/aromatic N) is 6. The number of aryl methyl sites for hydroxylation is 1. The minimum Gasteiger partial charge on any atom is -0.496 e. The molecule has 2 saturated carbocycles. The van der Waals surface area contributed by atoms with E-state index in [4.69, 9.17) is 14.5 Å². The third-order valence-electron chi connectivity index (χ3n) is 15.9. The summed E-state index contributed by atoms with van der Waals surface area (Å²) in [4.78, 5) is 69.1. The van der Waals surface area contributed by atoms with Gasteiger partial charge < -0.3 is 34.3 Å². The number of alkyl halides is 1. The fraction of sp³-hybridized carbons (Fsp3) is 0.527. The number of fused-ring (bicyclic) bond motifs is 5. The predicted molar refractivity (Wildman–Crippen MR) is 280 cm³/mol. The number of β-amino-alcohol motifs (C(OH)–C–C–N with tert-alkyl or cyclic N) is 1. The third kappa shape index (κ3) is 9.88. The average molecular weight is 1070 g/mol. The van der Waals surface area contributed by atoms with Gasteiger partial charge in [0.15, 0.2) is 11.5 Å². The van der Waals surface area contributed by atoms with Gasteiger partial charge in [-0.1, -0.05) is 63.9 Å². The van der Waals surface area contributed by atoms with Crippen molar-refractivity contribution in [1.29, 1.82) is 0 Å². The summed E-state index contributed by atoms with van der Waals surface area (Å²) in [6.45, 7) is 10.4. The molecule has 2 aliphatic heterocycles. The highest BCUT2D eigenvalue weighted by Gasteiger charge is 2.53. The number of nitrogens with one attached hydrogen (secondary N) is 1. The van der Waals surface area contributed by atoms with Crippen LogP contribution in [0.3, 0.4) is 0 Å². The number of carbonyl (C=O) groups excluding carboxylic acids is 3. The van der Waals surface area contributed by atoms with E-state index in [2.05, 4.69) is 52.2 Å². The lowest BCUT2D eigenvalue weighted by atomic mass is 9.76. The van der Waals surface area contributed by atoms with E-state index in [1.54, 1.807) is 18.4 Å². The Morgan fingerprint density at radius 3 is 2.42 bits per heavy atom. The molecule has 0 spiro atoms. The van der Waals surface area contributed by atoms with Crippen molar-refractivity contribution >= 4 is 72.6 Å². The number of Topliss-reactive ketones (excluding diaryl/α,β-unsaturated/α-hetero) is 1. The quantitative estimate of drug-likeness (QED) is 0.0895. The van der Waals surface area contributed by atoms with E-state index in [0.29, 0.717) is 24.3 Å². The van der Waals surface area contributed by atoms with Crippen molar-refractivity contribution in [3.63, 3.8) is 0 Å². The monoisotopic (exact) mass is 1070 g/mol. The number of carbonyl (C=O) groups is 3. The number of thiazole rings is 1. The van der Waals surface area contributed by atoms with Crippen molar-refractivity contribution in [3.05, 3.63) is 91.8 Å². The fourth-order valence-corrected chi connectivity index (χ4v) is 12.8. The Morgan fingerprint density at radius 1 is 1.01 bits per heavy atom. The Bertz CT molecular complexity index is 3080. The first kappa shape index (κ1) is 50.5. The molecule has 2 aliphatic carbocycles. The summed E-state index contributed by atoms with van der Waals surface area (Å²) in [6.07, 6.45) is 5.38. The molecule has 17 heteroatoms. The number of methoxy groups -OCH3 is 1. The number of likely N-dealkylation sites (tertiary alicyclic amines) is 2. The Kier molecular flexibility index (Phi) is 14.2. The Labute approximate surface area is 431 Å². The molecule has 4 fully saturated rings. The molecule has 2 N–H and O–H groups in total. The number of aromatic nitrogens is 4. The lowest BCUT2D eigenvalue weighted by Gasteiger charge is -2.35. The number of imidazole rings is 1. The Morgan fingerprint density at radius 2 is 1.75 bits per heavy atom. The van der Waals surface area contributed by atoms with E-state index >= 15 is 0 Å². The predicted octanol–water partition coefficient (Wildman–Crippen LogP) is 9.26. The Hall–Kier alpha value is -5.07. The van der Waals surface area contributed by atoms with E-state index < -0.39 is 52.8 Å². The Balaban J connectivity index is 0.830. The standard InChI is InChI=1S/C55H65BrFN7O7S/c1-32-49(72-31-58-32)35-15-13-34(14-16-35)41(59-50(67)45-25-37(65)29-62(45)52(69)39(54(2,3)4)27-47(66)55(57)19-20-55)30-71-24-23-61-21-17-33(18-22-61)38-26-43-44(28-46(38)70-5)64-42-12-8-11-40(56)48(42)51(68)60-53(64)63(43)36-9-6-7-10-36/h8,11-16,26,28,31,33,36-37,39,41,45,65H,6-7,9-10,17-25,27,29-30H2,1-5H3,(H,59,67)/t37-,39-,41+,45+/m1/s1. The summed E-state index contributed by atoms with van der Waals surface area (Å²) in [6, 6.07) is 16.9. The largest absolute Gasteiger partial charge is 0.496 e. The van der Waals surface area contributed by atoms with Gasteiger partial charge in [0.05, 0.1) is 70.5 Å². The van der Waals surface area contributed by atoms with Gasteiger partial charge in [0, 0.05) is 48.4 Å². The zero-order valence-electron chi connectivity index (χ0n) is 41.8. The van der Waals surface area contributed by atoms with Crippen LogP contribution in [0.25, 0.3) is 38.2 Å². The lowest BCUT2D eigenvalue weighted by Crippen LogP contribution is -2.51. The minimum absolute atomic E-state index is 0.0418. The summed E-state index contributed by atoms with van der Waals surface area (Å²) in [5, 5.41) is 14.6. The first-order chi connectivity index (χ1) is 34.5. The molecule has 5 heterocycles. The van der Waals surface area contributed by atoms with Crippen LogP contribution in [0.5, 0.6) is 5.75 Å². The van der Waals surface area contributed by atoms with Crippen molar-refractivity contribution in [2.45, 2.75) is 128 Å². The minimum atomic E-state index is -1.87. The van der Waals surface area contributed by atoms with Crippen LogP contribution in [0.4, 0.5) is 4.39 Å². The number of benzene rings is 3. The lowest BCUT2D eigenvalue weighted by molar-refractivity contribution is -0.147. The molecule has 382 valence electrons. The second-order valence-electron chi connectivity index (χ2n) is 21.6. The van der Waals surface area contributed by atoms with Crippen LogP contribution in [0.2, 0.25) is 0 Å². The molecule has 72 heavy (non-hydrogen) atoms. The number of piperidine rings is 1. The molecule has 4 aliphatic rings. The van der Waals surface area contributed by atoms with Gasteiger partial charge in [0.2, 0.25) is 17.6 Å². The summed E-state index contributed by atoms with van der Waals surface area (Å²) in [5.74, 6) is -0.543. The van der Waals surface area contributed by atoms with Gasteiger partial charge in [-0.3, -0.25) is 23.6 Å². The molecular formula is C55H65BrFN7O7S. The second kappa shape index (κ2) is 20.3.